The number of aromatic nitrogens is 1. The molecule has 0 saturated heterocycles. The Morgan fingerprint density at radius 3 is 2.71 bits per heavy atom. The van der Waals surface area contributed by atoms with E-state index < -0.39 is 6.10 Å². The van der Waals surface area contributed by atoms with Crippen LogP contribution in [-0.4, -0.2) is 15.5 Å². The van der Waals surface area contributed by atoms with Gasteiger partial charge in [-0.15, -0.1) is 0 Å². The van der Waals surface area contributed by atoms with Gasteiger partial charge in [-0.1, -0.05) is 37.3 Å². The van der Waals surface area contributed by atoms with Gasteiger partial charge in [0, 0.05) is 17.7 Å². The van der Waals surface area contributed by atoms with Crippen LogP contribution in [0.3, 0.4) is 0 Å². The van der Waals surface area contributed by atoms with Crippen LogP contribution in [0.15, 0.2) is 54.7 Å². The summed E-state index contributed by atoms with van der Waals surface area (Å²) in [4.78, 5) is 12.5. The molecular formula is C18H15NO2. The van der Waals surface area contributed by atoms with E-state index in [0.29, 0.717) is 5.56 Å². The summed E-state index contributed by atoms with van der Waals surface area (Å²) in [5.74, 6) is -0.353. The van der Waals surface area contributed by atoms with Crippen molar-refractivity contribution in [3.63, 3.8) is 0 Å². The van der Waals surface area contributed by atoms with Crippen molar-refractivity contribution in [1.82, 2.24) is 4.57 Å². The molecule has 3 aromatic rings. The number of aliphatic hydroxyl groups is 1. The van der Waals surface area contributed by atoms with Gasteiger partial charge in [0.25, 0.3) is 0 Å². The average Bonchev–Trinajstić information content (AvgIpc) is 3.04. The maximum Gasteiger partial charge on any atom is 0.171 e. The minimum atomic E-state index is -0.700. The molecule has 3 nitrogen and oxygen atoms in total. The Balaban J connectivity index is 2.02. The van der Waals surface area contributed by atoms with Crippen molar-refractivity contribution in [3.8, 4) is 5.69 Å². The van der Waals surface area contributed by atoms with Crippen molar-refractivity contribution in [2.75, 3.05) is 0 Å². The maximum absolute atomic E-state index is 12.5. The summed E-state index contributed by atoms with van der Waals surface area (Å²) in [6.07, 6.45) is 1.28. The van der Waals surface area contributed by atoms with E-state index >= 15 is 0 Å². The predicted molar refractivity (Wildman–Crippen MR) is 81.7 cm³/mol. The largest absolute Gasteiger partial charge is 0.388 e. The summed E-state index contributed by atoms with van der Waals surface area (Å²) >= 11 is 0. The SMILES string of the molecule is CC1C(=O)c2c(cccc2-n2ccc3ccccc32)C1O. The van der Waals surface area contributed by atoms with E-state index in [9.17, 15) is 9.90 Å². The second-order valence-corrected chi connectivity index (χ2v) is 5.58. The minimum Gasteiger partial charge on any atom is -0.388 e. The molecule has 1 aliphatic carbocycles. The molecule has 0 bridgehead atoms. The number of benzene rings is 2. The van der Waals surface area contributed by atoms with E-state index in [1.54, 1.807) is 6.92 Å². The number of nitrogens with zero attached hydrogens (tertiary/aromatic N) is 1. The maximum atomic E-state index is 12.5. The molecule has 2 unspecified atom stereocenters. The molecule has 0 radical (unpaired) electrons. The Bertz CT molecular complexity index is 863. The fourth-order valence-corrected chi connectivity index (χ4v) is 3.21. The molecule has 0 fully saturated rings. The zero-order valence-corrected chi connectivity index (χ0v) is 11.7. The zero-order valence-electron chi connectivity index (χ0n) is 11.7. The van der Waals surface area contributed by atoms with E-state index in [0.717, 1.165) is 22.2 Å². The van der Waals surface area contributed by atoms with Gasteiger partial charge < -0.3 is 9.67 Å². The lowest BCUT2D eigenvalue weighted by Gasteiger charge is -2.11. The normalized spacial score (nSPS) is 21.0. The van der Waals surface area contributed by atoms with Crippen LogP contribution in [0.1, 0.15) is 28.9 Å². The summed E-state index contributed by atoms with van der Waals surface area (Å²) in [6.45, 7) is 1.78. The van der Waals surface area contributed by atoms with Crippen LogP contribution in [-0.2, 0) is 0 Å². The van der Waals surface area contributed by atoms with E-state index in [4.69, 9.17) is 0 Å². The van der Waals surface area contributed by atoms with Gasteiger partial charge in [0.2, 0.25) is 0 Å². The number of carbonyl (C=O) groups is 1. The Morgan fingerprint density at radius 2 is 1.86 bits per heavy atom. The highest BCUT2D eigenvalue weighted by atomic mass is 16.3. The molecule has 0 amide bonds. The first kappa shape index (κ1) is 12.4. The average molecular weight is 277 g/mol. The van der Waals surface area contributed by atoms with Crippen molar-refractivity contribution in [2.45, 2.75) is 13.0 Å². The fraction of sp³-hybridized carbons (Fsp3) is 0.167. The van der Waals surface area contributed by atoms with Crippen LogP contribution >= 0.6 is 0 Å². The Kier molecular flexibility index (Phi) is 2.53. The van der Waals surface area contributed by atoms with Crippen LogP contribution in [0.5, 0.6) is 0 Å². The Hall–Kier alpha value is -2.39. The summed E-state index contributed by atoms with van der Waals surface area (Å²) in [6, 6.07) is 15.8. The molecule has 1 N–H and O–H groups in total. The predicted octanol–water partition coefficient (Wildman–Crippen LogP) is 3.50. The summed E-state index contributed by atoms with van der Waals surface area (Å²) in [5.41, 5.74) is 3.30. The molecular weight excluding hydrogens is 262 g/mol. The summed E-state index contributed by atoms with van der Waals surface area (Å²) < 4.78 is 2.02. The number of Topliss-reactive ketones (excluding diaryl/α,β-unsaturated/α-hetero) is 1. The Labute approximate surface area is 122 Å². The highest BCUT2D eigenvalue weighted by Gasteiger charge is 2.37. The van der Waals surface area contributed by atoms with Gasteiger partial charge in [-0.05, 0) is 29.1 Å². The summed E-state index contributed by atoms with van der Waals surface area (Å²) in [7, 11) is 0. The third kappa shape index (κ3) is 1.61. The lowest BCUT2D eigenvalue weighted by molar-refractivity contribution is 0.0790. The first-order chi connectivity index (χ1) is 10.2. The Morgan fingerprint density at radius 1 is 1.05 bits per heavy atom. The number of fused-ring (bicyclic) bond motifs is 2. The van der Waals surface area contributed by atoms with E-state index in [-0.39, 0.29) is 11.7 Å². The molecule has 4 rings (SSSR count). The van der Waals surface area contributed by atoms with Gasteiger partial charge in [0.05, 0.1) is 17.3 Å². The van der Waals surface area contributed by atoms with Crippen LogP contribution in [0.4, 0.5) is 0 Å². The van der Waals surface area contributed by atoms with Crippen LogP contribution in [0.2, 0.25) is 0 Å². The molecule has 1 heterocycles. The van der Waals surface area contributed by atoms with Gasteiger partial charge >= 0.3 is 0 Å². The monoisotopic (exact) mass is 277 g/mol. The molecule has 3 heteroatoms. The molecule has 1 aromatic heterocycles. The smallest absolute Gasteiger partial charge is 0.171 e. The van der Waals surface area contributed by atoms with Crippen molar-refractivity contribution in [2.24, 2.45) is 5.92 Å². The number of hydrogen-bond donors (Lipinski definition) is 1. The third-order valence-electron chi connectivity index (χ3n) is 4.39. The van der Waals surface area contributed by atoms with Crippen molar-refractivity contribution in [1.29, 1.82) is 0 Å². The standard InChI is InChI=1S/C18H15NO2/c1-11-17(20)13-6-4-8-15(16(13)18(11)21)19-10-9-12-5-2-3-7-14(12)19/h2-11,17,20H,1H3. The number of hydrogen-bond acceptors (Lipinski definition) is 2. The van der Waals surface area contributed by atoms with E-state index in [2.05, 4.69) is 0 Å². The molecule has 21 heavy (non-hydrogen) atoms. The first-order valence-electron chi connectivity index (χ1n) is 7.10. The highest BCUT2D eigenvalue weighted by molar-refractivity contribution is 6.06. The third-order valence-corrected chi connectivity index (χ3v) is 4.39. The lowest BCUT2D eigenvalue weighted by Crippen LogP contribution is -2.09. The molecule has 2 aromatic carbocycles. The van der Waals surface area contributed by atoms with E-state index in [1.165, 1.54) is 0 Å². The van der Waals surface area contributed by atoms with Crippen LogP contribution < -0.4 is 0 Å². The first-order valence-corrected chi connectivity index (χ1v) is 7.10. The lowest BCUT2D eigenvalue weighted by atomic mass is 10.1. The molecule has 0 aliphatic heterocycles. The van der Waals surface area contributed by atoms with E-state index in [1.807, 2.05) is 59.3 Å². The quantitative estimate of drug-likeness (QED) is 0.739. The summed E-state index contributed by atoms with van der Waals surface area (Å²) in [5, 5.41) is 11.4. The molecule has 2 atom stereocenters. The number of aliphatic hydroxyl groups excluding tert-OH is 1. The number of para-hydroxylation sites is 1. The minimum absolute atomic E-state index is 0.0193. The molecule has 0 spiro atoms. The van der Waals surface area contributed by atoms with Crippen molar-refractivity contribution in [3.05, 3.63) is 65.9 Å². The second kappa shape index (κ2) is 4.30. The number of rotatable bonds is 1. The van der Waals surface area contributed by atoms with Gasteiger partial charge in [0.1, 0.15) is 0 Å². The van der Waals surface area contributed by atoms with Crippen LogP contribution in [0.25, 0.3) is 16.6 Å². The molecule has 0 saturated carbocycles. The zero-order chi connectivity index (χ0) is 14.6. The van der Waals surface area contributed by atoms with Gasteiger partial charge in [-0.2, -0.15) is 0 Å². The topological polar surface area (TPSA) is 42.2 Å². The van der Waals surface area contributed by atoms with Crippen molar-refractivity contribution >= 4 is 16.7 Å². The van der Waals surface area contributed by atoms with Gasteiger partial charge in [-0.3, -0.25) is 4.79 Å². The van der Waals surface area contributed by atoms with Gasteiger partial charge in [-0.25, -0.2) is 0 Å². The molecule has 104 valence electrons. The number of ketones is 1. The number of carbonyl (C=O) groups excluding carboxylic acids is 1. The fourth-order valence-electron chi connectivity index (χ4n) is 3.21. The van der Waals surface area contributed by atoms with Gasteiger partial charge in [0.15, 0.2) is 5.78 Å². The molecule has 1 aliphatic rings. The van der Waals surface area contributed by atoms with Crippen molar-refractivity contribution < 1.29 is 9.90 Å². The highest BCUT2D eigenvalue weighted by Crippen LogP contribution is 2.39. The van der Waals surface area contributed by atoms with Crippen LogP contribution in [0, 0.1) is 5.92 Å². The second-order valence-electron chi connectivity index (χ2n) is 5.58.